The molecule has 1 N–H and O–H groups in total. The molecule has 0 amide bonds. The molecule has 4 heterocycles. The summed E-state index contributed by atoms with van der Waals surface area (Å²) >= 11 is 0. The van der Waals surface area contributed by atoms with Crippen LogP contribution in [0.5, 0.6) is 0 Å². The van der Waals surface area contributed by atoms with Crippen LogP contribution in [0, 0.1) is 18.3 Å². The van der Waals surface area contributed by atoms with Gasteiger partial charge in [-0.05, 0) is 56.1 Å². The van der Waals surface area contributed by atoms with Crippen molar-refractivity contribution in [3.05, 3.63) is 53.9 Å². The molecular formula is C23H25N5O4S. The van der Waals surface area contributed by atoms with Crippen LogP contribution in [0.4, 0.5) is 5.69 Å². The van der Waals surface area contributed by atoms with Gasteiger partial charge in [-0.15, -0.1) is 0 Å². The number of hydrogen-bond acceptors (Lipinski definition) is 7. The van der Waals surface area contributed by atoms with E-state index in [2.05, 4.69) is 14.8 Å². The summed E-state index contributed by atoms with van der Waals surface area (Å²) in [7, 11) is -3.95. The van der Waals surface area contributed by atoms with Crippen molar-refractivity contribution in [2.24, 2.45) is 0 Å². The van der Waals surface area contributed by atoms with E-state index in [1.807, 2.05) is 13.0 Å². The van der Waals surface area contributed by atoms with E-state index in [9.17, 15) is 13.7 Å². The predicted octanol–water partition coefficient (Wildman–Crippen LogP) is 2.44. The van der Waals surface area contributed by atoms with Crippen LogP contribution < -0.4 is 4.90 Å². The monoisotopic (exact) mass is 467 g/mol. The number of hydrogen-bond donors (Lipinski definition) is 1. The maximum atomic E-state index is 13.6. The molecule has 9 nitrogen and oxygen atoms in total. The van der Waals surface area contributed by atoms with E-state index in [4.69, 9.17) is 9.90 Å². The van der Waals surface area contributed by atoms with Crippen LogP contribution in [-0.2, 0) is 14.8 Å². The Morgan fingerprint density at radius 1 is 1.24 bits per heavy atom. The SMILES string of the molecule is Cc1ccc(C#N)c(S(=O)(=O)n2cc(N3CCN4CCCC4C3)c3ncccc32)c1.O=CO. The van der Waals surface area contributed by atoms with Gasteiger partial charge in [-0.3, -0.25) is 14.7 Å². The summed E-state index contributed by atoms with van der Waals surface area (Å²) in [5.41, 5.74) is 2.99. The molecule has 3 aromatic rings. The molecule has 5 rings (SSSR count). The van der Waals surface area contributed by atoms with Gasteiger partial charge in [0.15, 0.2) is 0 Å². The third-order valence-electron chi connectivity index (χ3n) is 6.23. The molecule has 1 unspecified atom stereocenters. The molecule has 0 radical (unpaired) electrons. The smallest absolute Gasteiger partial charge is 0.290 e. The summed E-state index contributed by atoms with van der Waals surface area (Å²) in [6.07, 6.45) is 5.77. The second-order valence-corrected chi connectivity index (χ2v) is 9.96. The molecule has 172 valence electrons. The summed E-state index contributed by atoms with van der Waals surface area (Å²) in [6.45, 7) is 5.43. The number of anilines is 1. The van der Waals surface area contributed by atoms with Gasteiger partial charge < -0.3 is 10.0 Å². The summed E-state index contributed by atoms with van der Waals surface area (Å²) < 4.78 is 28.5. The molecule has 2 aromatic heterocycles. The molecule has 0 aliphatic carbocycles. The molecular weight excluding hydrogens is 442 g/mol. The van der Waals surface area contributed by atoms with E-state index < -0.39 is 10.0 Å². The van der Waals surface area contributed by atoms with Crippen LogP contribution in [0.3, 0.4) is 0 Å². The quantitative estimate of drug-likeness (QED) is 0.584. The van der Waals surface area contributed by atoms with Crippen LogP contribution in [0.2, 0.25) is 0 Å². The predicted molar refractivity (Wildman–Crippen MR) is 124 cm³/mol. The van der Waals surface area contributed by atoms with E-state index in [0.717, 1.165) is 37.4 Å². The molecule has 1 atom stereocenters. The Morgan fingerprint density at radius 2 is 2.03 bits per heavy atom. The third kappa shape index (κ3) is 4.17. The van der Waals surface area contributed by atoms with Gasteiger partial charge >= 0.3 is 0 Å². The number of aryl methyl sites for hydroxylation is 1. The largest absolute Gasteiger partial charge is 0.483 e. The first kappa shape index (κ1) is 22.8. The van der Waals surface area contributed by atoms with Gasteiger partial charge in [0, 0.05) is 38.1 Å². The zero-order valence-electron chi connectivity index (χ0n) is 18.3. The fourth-order valence-electron chi connectivity index (χ4n) is 4.70. The highest BCUT2D eigenvalue weighted by Gasteiger charge is 2.33. The Hall–Kier alpha value is -3.42. The molecule has 0 spiro atoms. The van der Waals surface area contributed by atoms with Crippen LogP contribution in [-0.4, -0.2) is 66.1 Å². The molecule has 2 fully saturated rings. The summed E-state index contributed by atoms with van der Waals surface area (Å²) in [5.74, 6) is 0. The second kappa shape index (κ2) is 9.21. The van der Waals surface area contributed by atoms with Crippen molar-refractivity contribution in [2.45, 2.75) is 30.7 Å². The number of rotatable bonds is 3. The van der Waals surface area contributed by atoms with Crippen LogP contribution in [0.25, 0.3) is 11.0 Å². The van der Waals surface area contributed by atoms with E-state index in [0.29, 0.717) is 17.1 Å². The molecule has 2 aliphatic heterocycles. The van der Waals surface area contributed by atoms with E-state index >= 15 is 0 Å². The van der Waals surface area contributed by atoms with Crippen molar-refractivity contribution in [1.29, 1.82) is 5.26 Å². The average Bonchev–Trinajstić information content (AvgIpc) is 3.44. The number of pyridine rings is 1. The van der Waals surface area contributed by atoms with Gasteiger partial charge in [-0.1, -0.05) is 6.07 Å². The highest BCUT2D eigenvalue weighted by molar-refractivity contribution is 7.90. The molecule has 1 aromatic carbocycles. The van der Waals surface area contributed by atoms with Gasteiger partial charge in [-0.2, -0.15) is 5.26 Å². The maximum absolute atomic E-state index is 13.6. The first-order valence-electron chi connectivity index (χ1n) is 10.7. The molecule has 33 heavy (non-hydrogen) atoms. The minimum Gasteiger partial charge on any atom is -0.483 e. The minimum atomic E-state index is -3.95. The van der Waals surface area contributed by atoms with Crippen molar-refractivity contribution in [1.82, 2.24) is 13.9 Å². The first-order valence-corrected chi connectivity index (χ1v) is 12.1. The Morgan fingerprint density at radius 3 is 2.79 bits per heavy atom. The van der Waals surface area contributed by atoms with Crippen molar-refractivity contribution >= 4 is 33.2 Å². The number of benzene rings is 1. The lowest BCUT2D eigenvalue weighted by molar-refractivity contribution is -0.122. The topological polar surface area (TPSA) is 120 Å². The van der Waals surface area contributed by atoms with E-state index in [1.54, 1.807) is 42.7 Å². The molecule has 10 heteroatoms. The zero-order valence-corrected chi connectivity index (χ0v) is 19.1. The molecule has 0 saturated carbocycles. The lowest BCUT2D eigenvalue weighted by Crippen LogP contribution is -2.50. The zero-order chi connectivity index (χ0) is 23.6. The minimum absolute atomic E-state index is 0.0258. The highest BCUT2D eigenvalue weighted by Crippen LogP contribution is 2.34. The van der Waals surface area contributed by atoms with Crippen molar-refractivity contribution < 1.29 is 18.3 Å². The van der Waals surface area contributed by atoms with Crippen molar-refractivity contribution in [2.75, 3.05) is 31.1 Å². The summed E-state index contributed by atoms with van der Waals surface area (Å²) in [4.78, 5) is 17.7. The van der Waals surface area contributed by atoms with Crippen molar-refractivity contribution in [3.63, 3.8) is 0 Å². The van der Waals surface area contributed by atoms with E-state index in [-0.39, 0.29) is 16.9 Å². The third-order valence-corrected chi connectivity index (χ3v) is 7.94. The summed E-state index contributed by atoms with van der Waals surface area (Å²) in [5, 5.41) is 16.4. The van der Waals surface area contributed by atoms with Crippen molar-refractivity contribution in [3.8, 4) is 6.07 Å². The van der Waals surface area contributed by atoms with Gasteiger partial charge in [0.1, 0.15) is 16.5 Å². The Balaban J connectivity index is 0.000000821. The number of nitriles is 1. The van der Waals surface area contributed by atoms with Gasteiger partial charge in [-0.25, -0.2) is 12.4 Å². The number of piperazine rings is 1. The average molecular weight is 468 g/mol. The molecule has 2 saturated heterocycles. The van der Waals surface area contributed by atoms with Crippen LogP contribution in [0.1, 0.15) is 24.0 Å². The van der Waals surface area contributed by atoms with Gasteiger partial charge in [0.2, 0.25) is 0 Å². The summed E-state index contributed by atoms with van der Waals surface area (Å²) in [6, 6.07) is 10.9. The second-order valence-electron chi connectivity index (χ2n) is 8.18. The fourth-order valence-corrected chi connectivity index (χ4v) is 6.28. The number of carbonyl (C=O) groups is 1. The maximum Gasteiger partial charge on any atom is 0.290 e. The van der Waals surface area contributed by atoms with Crippen LogP contribution >= 0.6 is 0 Å². The number of carboxylic acid groups (broad SMARTS) is 1. The normalized spacial score (nSPS) is 18.3. The standard InChI is InChI=1S/C22H23N5O2S.CH2O2/c1-16-6-7-17(13-23)21(12-16)30(28,29)27-15-20(22-19(27)5-2-8-24-22)26-11-10-25-9-3-4-18(25)14-26;2-1-3/h2,5-8,12,15,18H,3-4,9-11,14H2,1H3;1H,(H,2,3). The Labute approximate surface area is 192 Å². The highest BCUT2D eigenvalue weighted by atomic mass is 32.2. The molecule has 2 aliphatic rings. The van der Waals surface area contributed by atoms with Crippen LogP contribution in [0.15, 0.2) is 47.6 Å². The first-order chi connectivity index (χ1) is 15.9. The lowest BCUT2D eigenvalue weighted by Gasteiger charge is -2.38. The Bertz CT molecular complexity index is 1330. The number of aromatic nitrogens is 2. The lowest BCUT2D eigenvalue weighted by atomic mass is 10.1. The van der Waals surface area contributed by atoms with Gasteiger partial charge in [0.05, 0.1) is 16.8 Å². The van der Waals surface area contributed by atoms with E-state index in [1.165, 1.54) is 16.8 Å². The fraction of sp³-hybridized carbons (Fsp3) is 0.348. The Kier molecular flexibility index (Phi) is 6.35. The van der Waals surface area contributed by atoms with Gasteiger partial charge in [0.25, 0.3) is 16.5 Å². The number of nitrogens with zero attached hydrogens (tertiary/aromatic N) is 5. The molecule has 0 bridgehead atoms. The number of fused-ring (bicyclic) bond motifs is 2.